The lowest BCUT2D eigenvalue weighted by Crippen LogP contribution is -2.50. The van der Waals surface area contributed by atoms with Crippen LogP contribution in [0.5, 0.6) is 0 Å². The second-order valence-electron chi connectivity index (χ2n) is 6.48. The van der Waals surface area contributed by atoms with E-state index in [1.807, 2.05) is 13.8 Å². The van der Waals surface area contributed by atoms with Crippen LogP contribution < -0.4 is 0 Å². The Kier molecular flexibility index (Phi) is 5.65. The summed E-state index contributed by atoms with van der Waals surface area (Å²) in [6.07, 6.45) is 0. The Morgan fingerprint density at radius 1 is 0.778 bits per heavy atom. The van der Waals surface area contributed by atoms with Crippen LogP contribution in [-0.4, -0.2) is 51.6 Å². The number of aryl methyl sites for hydroxylation is 2. The topological polar surface area (TPSA) is 74.8 Å². The van der Waals surface area contributed by atoms with Gasteiger partial charge in [0.25, 0.3) is 0 Å². The minimum Gasteiger partial charge on any atom is -0.207 e. The molecule has 27 heavy (non-hydrogen) atoms. The van der Waals surface area contributed by atoms with Gasteiger partial charge in [0.2, 0.25) is 20.0 Å². The quantitative estimate of drug-likeness (QED) is 0.750. The number of hydrogen-bond donors (Lipinski definition) is 0. The average Bonchev–Trinajstić information content (AvgIpc) is 2.64. The molecule has 0 bridgehead atoms. The Bertz CT molecular complexity index is 1060. The summed E-state index contributed by atoms with van der Waals surface area (Å²) in [6.45, 7) is 4.14. The fourth-order valence-electron chi connectivity index (χ4n) is 2.97. The minimum absolute atomic E-state index is 0.0390. The van der Waals surface area contributed by atoms with Crippen LogP contribution in [0.4, 0.5) is 0 Å². The zero-order valence-corrected chi connectivity index (χ0v) is 17.5. The largest absolute Gasteiger partial charge is 0.244 e. The van der Waals surface area contributed by atoms with E-state index in [2.05, 4.69) is 0 Å². The molecule has 0 aliphatic carbocycles. The van der Waals surface area contributed by atoms with Crippen LogP contribution in [0.3, 0.4) is 0 Å². The molecular weight excluding hydrogens is 408 g/mol. The smallest absolute Gasteiger partial charge is 0.207 e. The van der Waals surface area contributed by atoms with Crippen molar-refractivity contribution in [1.29, 1.82) is 0 Å². The summed E-state index contributed by atoms with van der Waals surface area (Å²) in [6, 6.07) is 11.3. The monoisotopic (exact) mass is 428 g/mol. The Balaban J connectivity index is 1.79. The molecule has 0 N–H and O–H groups in total. The summed E-state index contributed by atoms with van der Waals surface area (Å²) in [5.74, 6) is 0. The predicted octanol–water partition coefficient (Wildman–Crippen LogP) is 2.65. The number of piperazine rings is 1. The van der Waals surface area contributed by atoms with Gasteiger partial charge in [0.05, 0.1) is 9.92 Å². The summed E-state index contributed by atoms with van der Waals surface area (Å²) >= 11 is 6.02. The summed E-state index contributed by atoms with van der Waals surface area (Å²) in [5.41, 5.74) is 1.92. The molecule has 0 spiro atoms. The van der Waals surface area contributed by atoms with Crippen molar-refractivity contribution in [2.24, 2.45) is 0 Å². The van der Waals surface area contributed by atoms with Gasteiger partial charge in [0.15, 0.2) is 0 Å². The molecule has 9 heteroatoms. The van der Waals surface area contributed by atoms with Gasteiger partial charge >= 0.3 is 0 Å². The van der Waals surface area contributed by atoms with Gasteiger partial charge in [-0.2, -0.15) is 8.61 Å². The lowest BCUT2D eigenvalue weighted by atomic mass is 10.1. The Labute approximate surface area is 165 Å². The molecule has 1 heterocycles. The molecular formula is C18H21ClN2O4S2. The first-order chi connectivity index (χ1) is 12.6. The summed E-state index contributed by atoms with van der Waals surface area (Å²) < 4.78 is 53.9. The lowest BCUT2D eigenvalue weighted by molar-refractivity contribution is 0.273. The maximum absolute atomic E-state index is 12.9. The van der Waals surface area contributed by atoms with Crippen molar-refractivity contribution in [2.75, 3.05) is 26.2 Å². The molecule has 3 rings (SSSR count). The van der Waals surface area contributed by atoms with Crippen molar-refractivity contribution in [3.8, 4) is 0 Å². The highest BCUT2D eigenvalue weighted by Gasteiger charge is 2.34. The molecule has 0 aromatic heterocycles. The van der Waals surface area contributed by atoms with Crippen molar-refractivity contribution in [1.82, 2.24) is 8.61 Å². The van der Waals surface area contributed by atoms with Gasteiger partial charge in [-0.3, -0.25) is 0 Å². The minimum atomic E-state index is -3.76. The van der Waals surface area contributed by atoms with Gasteiger partial charge in [-0.05, 0) is 49.2 Å². The molecule has 1 aliphatic heterocycles. The predicted molar refractivity (Wildman–Crippen MR) is 105 cm³/mol. The SMILES string of the molecule is Cc1ccc(S(=O)(=O)N2CCN(S(=O)(=O)c3ccccc3Cl)CC2)cc1C. The first-order valence-corrected chi connectivity index (χ1v) is 11.7. The maximum atomic E-state index is 12.9. The third-order valence-corrected chi connectivity index (χ3v) is 9.06. The molecule has 0 saturated carbocycles. The molecule has 1 aliphatic rings. The van der Waals surface area contributed by atoms with Gasteiger partial charge in [-0.25, -0.2) is 16.8 Å². The number of rotatable bonds is 4. The van der Waals surface area contributed by atoms with Crippen molar-refractivity contribution in [3.05, 3.63) is 58.6 Å². The van der Waals surface area contributed by atoms with Crippen LogP contribution in [0.1, 0.15) is 11.1 Å². The van der Waals surface area contributed by atoms with Crippen molar-refractivity contribution in [3.63, 3.8) is 0 Å². The summed E-state index contributed by atoms with van der Waals surface area (Å²) in [7, 11) is -7.42. The Hall–Kier alpha value is -1.45. The highest BCUT2D eigenvalue weighted by atomic mass is 35.5. The maximum Gasteiger partial charge on any atom is 0.244 e. The van der Waals surface area contributed by atoms with E-state index in [9.17, 15) is 16.8 Å². The Morgan fingerprint density at radius 3 is 1.89 bits per heavy atom. The van der Waals surface area contributed by atoms with Gasteiger partial charge < -0.3 is 0 Å². The van der Waals surface area contributed by atoms with Crippen LogP contribution in [-0.2, 0) is 20.0 Å². The summed E-state index contributed by atoms with van der Waals surface area (Å²) in [4.78, 5) is 0.269. The Morgan fingerprint density at radius 2 is 1.33 bits per heavy atom. The van der Waals surface area contributed by atoms with Crippen molar-refractivity contribution >= 4 is 31.6 Å². The fraction of sp³-hybridized carbons (Fsp3) is 0.333. The first-order valence-electron chi connectivity index (χ1n) is 8.46. The highest BCUT2D eigenvalue weighted by Crippen LogP contribution is 2.26. The zero-order chi connectivity index (χ0) is 19.8. The molecule has 0 radical (unpaired) electrons. The van der Waals surface area contributed by atoms with Gasteiger partial charge in [0.1, 0.15) is 4.90 Å². The molecule has 0 amide bonds. The molecule has 1 saturated heterocycles. The fourth-order valence-corrected chi connectivity index (χ4v) is 6.39. The number of nitrogens with zero attached hydrogens (tertiary/aromatic N) is 2. The lowest BCUT2D eigenvalue weighted by Gasteiger charge is -2.33. The van der Waals surface area contributed by atoms with Crippen LogP contribution in [0.25, 0.3) is 0 Å². The number of sulfonamides is 2. The molecule has 6 nitrogen and oxygen atoms in total. The standard InChI is InChI=1S/C18H21ClN2O4S2/c1-14-7-8-16(13-15(14)2)26(22,23)20-9-11-21(12-10-20)27(24,25)18-6-4-3-5-17(18)19/h3-8,13H,9-12H2,1-2H3. The van der Waals surface area contributed by atoms with E-state index in [1.165, 1.54) is 20.7 Å². The third kappa shape index (κ3) is 3.90. The van der Waals surface area contributed by atoms with Gasteiger partial charge in [-0.1, -0.05) is 29.8 Å². The van der Waals surface area contributed by atoms with E-state index < -0.39 is 20.0 Å². The molecule has 1 fully saturated rings. The van der Waals surface area contributed by atoms with Crippen LogP contribution in [0.15, 0.2) is 52.3 Å². The molecule has 2 aromatic carbocycles. The van der Waals surface area contributed by atoms with E-state index in [1.54, 1.807) is 30.3 Å². The normalized spacial score (nSPS) is 17.1. The van der Waals surface area contributed by atoms with Crippen LogP contribution >= 0.6 is 11.6 Å². The van der Waals surface area contributed by atoms with E-state index in [4.69, 9.17) is 11.6 Å². The molecule has 146 valence electrons. The molecule has 0 atom stereocenters. The second-order valence-corrected chi connectivity index (χ2v) is 10.7. The zero-order valence-electron chi connectivity index (χ0n) is 15.1. The molecule has 0 unspecified atom stereocenters. The van der Waals surface area contributed by atoms with Gasteiger partial charge in [0, 0.05) is 26.2 Å². The number of benzene rings is 2. The highest BCUT2D eigenvalue weighted by molar-refractivity contribution is 7.89. The van der Waals surface area contributed by atoms with Crippen LogP contribution in [0, 0.1) is 13.8 Å². The van der Waals surface area contributed by atoms with Crippen molar-refractivity contribution < 1.29 is 16.8 Å². The van der Waals surface area contributed by atoms with Crippen molar-refractivity contribution in [2.45, 2.75) is 23.6 Å². The second kappa shape index (κ2) is 7.52. The van der Waals surface area contributed by atoms with E-state index in [0.717, 1.165) is 11.1 Å². The van der Waals surface area contributed by atoms with Gasteiger partial charge in [-0.15, -0.1) is 0 Å². The number of hydrogen-bond acceptors (Lipinski definition) is 4. The molecule has 2 aromatic rings. The summed E-state index contributed by atoms with van der Waals surface area (Å²) in [5, 5.41) is 0.155. The first kappa shape index (κ1) is 20.3. The third-order valence-electron chi connectivity index (χ3n) is 4.77. The van der Waals surface area contributed by atoms with E-state index in [0.29, 0.717) is 0 Å². The van der Waals surface area contributed by atoms with Crippen LogP contribution in [0.2, 0.25) is 5.02 Å². The van der Waals surface area contributed by atoms with E-state index >= 15 is 0 Å². The average molecular weight is 429 g/mol. The number of halogens is 1. The van der Waals surface area contributed by atoms with E-state index in [-0.39, 0.29) is 41.0 Å².